The third-order valence-electron chi connectivity index (χ3n) is 5.35. The van der Waals surface area contributed by atoms with Crippen LogP contribution in [0.5, 0.6) is 11.5 Å². The molecule has 3 rings (SSSR count). The van der Waals surface area contributed by atoms with Crippen molar-refractivity contribution in [3.05, 3.63) is 24.3 Å². The molecule has 26 heavy (non-hydrogen) atoms. The Morgan fingerprint density at radius 2 is 1.88 bits per heavy atom. The zero-order chi connectivity index (χ0) is 18.7. The second-order valence-electron chi connectivity index (χ2n) is 7.81. The summed E-state index contributed by atoms with van der Waals surface area (Å²) in [5.41, 5.74) is -0.0639. The SMILES string of the molecule is CC(C)COc1cccc(OCC(=O)N2CCC3(CC2)CC3C(=O)O)c1. The number of aliphatic carboxylic acids is 1. The Balaban J connectivity index is 1.45. The van der Waals surface area contributed by atoms with Crippen molar-refractivity contribution in [1.82, 2.24) is 4.90 Å². The lowest BCUT2D eigenvalue weighted by Crippen LogP contribution is -2.42. The molecule has 1 atom stereocenters. The maximum Gasteiger partial charge on any atom is 0.307 e. The van der Waals surface area contributed by atoms with Crippen LogP contribution in [-0.4, -0.2) is 48.2 Å². The van der Waals surface area contributed by atoms with Gasteiger partial charge in [-0.3, -0.25) is 9.59 Å². The number of hydrogen-bond donors (Lipinski definition) is 1. The molecule has 1 saturated heterocycles. The van der Waals surface area contributed by atoms with Crippen LogP contribution in [0, 0.1) is 17.3 Å². The van der Waals surface area contributed by atoms with Crippen LogP contribution in [0.25, 0.3) is 0 Å². The fourth-order valence-electron chi connectivity index (χ4n) is 3.60. The highest BCUT2D eigenvalue weighted by molar-refractivity contribution is 5.78. The standard InChI is InChI=1S/C20H27NO5/c1-14(2)12-25-15-4-3-5-16(10-15)26-13-18(22)21-8-6-20(7-9-21)11-17(20)19(23)24/h3-5,10,14,17H,6-9,11-13H2,1-2H3,(H,23,24). The van der Waals surface area contributed by atoms with E-state index in [1.54, 1.807) is 11.0 Å². The molecule has 0 aromatic heterocycles. The summed E-state index contributed by atoms with van der Waals surface area (Å²) in [5.74, 6) is 0.812. The van der Waals surface area contributed by atoms with E-state index >= 15 is 0 Å². The fraction of sp³-hybridized carbons (Fsp3) is 0.600. The number of carboxylic acids is 1. The Labute approximate surface area is 154 Å². The lowest BCUT2D eigenvalue weighted by molar-refractivity contribution is -0.140. The molecule has 1 heterocycles. The zero-order valence-electron chi connectivity index (χ0n) is 15.4. The van der Waals surface area contributed by atoms with Crippen molar-refractivity contribution in [3.8, 4) is 11.5 Å². The fourth-order valence-corrected chi connectivity index (χ4v) is 3.60. The molecular weight excluding hydrogens is 334 g/mol. The minimum atomic E-state index is -0.701. The number of amides is 1. The van der Waals surface area contributed by atoms with Gasteiger partial charge in [0.05, 0.1) is 12.5 Å². The van der Waals surface area contributed by atoms with Crippen LogP contribution >= 0.6 is 0 Å². The van der Waals surface area contributed by atoms with Gasteiger partial charge in [0.1, 0.15) is 11.5 Å². The minimum Gasteiger partial charge on any atom is -0.493 e. The van der Waals surface area contributed by atoms with E-state index in [4.69, 9.17) is 14.6 Å². The third kappa shape index (κ3) is 4.29. The van der Waals surface area contributed by atoms with Gasteiger partial charge in [0, 0.05) is 19.2 Å². The van der Waals surface area contributed by atoms with E-state index in [9.17, 15) is 9.59 Å². The normalized spacial score (nSPS) is 20.9. The molecule has 6 nitrogen and oxygen atoms in total. The molecule has 142 valence electrons. The van der Waals surface area contributed by atoms with Gasteiger partial charge in [-0.1, -0.05) is 19.9 Å². The number of piperidine rings is 1. The van der Waals surface area contributed by atoms with Gasteiger partial charge in [-0.2, -0.15) is 0 Å². The first-order chi connectivity index (χ1) is 12.4. The number of likely N-dealkylation sites (tertiary alicyclic amines) is 1. The number of benzene rings is 1. The lowest BCUT2D eigenvalue weighted by Gasteiger charge is -2.32. The van der Waals surface area contributed by atoms with E-state index in [2.05, 4.69) is 13.8 Å². The summed E-state index contributed by atoms with van der Waals surface area (Å²) < 4.78 is 11.3. The van der Waals surface area contributed by atoms with Gasteiger partial charge in [-0.15, -0.1) is 0 Å². The van der Waals surface area contributed by atoms with Gasteiger partial charge in [0.25, 0.3) is 5.91 Å². The molecule has 1 unspecified atom stereocenters. The van der Waals surface area contributed by atoms with Crippen molar-refractivity contribution in [2.75, 3.05) is 26.3 Å². The summed E-state index contributed by atoms with van der Waals surface area (Å²) in [6.07, 6.45) is 2.30. The molecule has 1 spiro atoms. The molecule has 1 N–H and O–H groups in total. The highest BCUT2D eigenvalue weighted by Crippen LogP contribution is 2.59. The first kappa shape index (κ1) is 18.5. The number of nitrogens with zero attached hydrogens (tertiary/aromatic N) is 1. The van der Waals surface area contributed by atoms with Gasteiger partial charge in [-0.05, 0) is 42.7 Å². The molecule has 1 aliphatic carbocycles. The van der Waals surface area contributed by atoms with Gasteiger partial charge in [0.15, 0.2) is 6.61 Å². The molecule has 1 aromatic carbocycles. The summed E-state index contributed by atoms with van der Waals surface area (Å²) >= 11 is 0. The Hall–Kier alpha value is -2.24. The minimum absolute atomic E-state index is 0.0109. The van der Waals surface area contributed by atoms with Crippen molar-refractivity contribution >= 4 is 11.9 Å². The summed E-state index contributed by atoms with van der Waals surface area (Å²) in [5, 5.41) is 9.14. The van der Waals surface area contributed by atoms with E-state index < -0.39 is 5.97 Å². The monoisotopic (exact) mass is 361 g/mol. The molecule has 0 radical (unpaired) electrons. The summed E-state index contributed by atoms with van der Waals surface area (Å²) in [6, 6.07) is 7.32. The molecular formula is C20H27NO5. The first-order valence-electron chi connectivity index (χ1n) is 9.26. The van der Waals surface area contributed by atoms with E-state index in [1.165, 1.54) is 0 Å². The number of hydrogen-bond acceptors (Lipinski definition) is 4. The molecule has 1 aliphatic heterocycles. The Kier molecular flexibility index (Phi) is 5.39. The molecule has 6 heteroatoms. The van der Waals surface area contributed by atoms with E-state index in [-0.39, 0.29) is 23.8 Å². The second-order valence-corrected chi connectivity index (χ2v) is 7.81. The summed E-state index contributed by atoms with van der Waals surface area (Å²) in [7, 11) is 0. The Morgan fingerprint density at radius 3 is 2.46 bits per heavy atom. The average molecular weight is 361 g/mol. The van der Waals surface area contributed by atoms with Crippen LogP contribution in [0.15, 0.2) is 24.3 Å². The van der Waals surface area contributed by atoms with Gasteiger partial charge in [0.2, 0.25) is 0 Å². The topological polar surface area (TPSA) is 76.1 Å². The van der Waals surface area contributed by atoms with Crippen molar-refractivity contribution < 1.29 is 24.2 Å². The molecule has 1 saturated carbocycles. The number of ether oxygens (including phenoxy) is 2. The van der Waals surface area contributed by atoms with Crippen LogP contribution in [-0.2, 0) is 9.59 Å². The van der Waals surface area contributed by atoms with Gasteiger partial charge in [-0.25, -0.2) is 0 Å². The van der Waals surface area contributed by atoms with Crippen LogP contribution < -0.4 is 9.47 Å². The number of carbonyl (C=O) groups is 2. The van der Waals surface area contributed by atoms with Crippen LogP contribution in [0.4, 0.5) is 0 Å². The largest absolute Gasteiger partial charge is 0.493 e. The third-order valence-corrected chi connectivity index (χ3v) is 5.35. The summed E-state index contributed by atoms with van der Waals surface area (Å²) in [4.78, 5) is 25.3. The Bertz CT molecular complexity index is 664. The predicted octanol–water partition coefficient (Wildman–Crippen LogP) is 2.81. The molecule has 2 fully saturated rings. The molecule has 0 bridgehead atoms. The molecule has 1 aromatic rings. The highest BCUT2D eigenvalue weighted by atomic mass is 16.5. The predicted molar refractivity (Wildman–Crippen MR) is 96.3 cm³/mol. The molecule has 2 aliphatic rings. The quantitative estimate of drug-likeness (QED) is 0.808. The molecule has 1 amide bonds. The smallest absolute Gasteiger partial charge is 0.307 e. The highest BCUT2D eigenvalue weighted by Gasteiger charge is 2.59. The number of rotatable bonds is 7. The van der Waals surface area contributed by atoms with E-state index in [0.29, 0.717) is 31.4 Å². The summed E-state index contributed by atoms with van der Waals surface area (Å²) in [6.45, 7) is 6.02. The number of carboxylic acid groups (broad SMARTS) is 1. The first-order valence-corrected chi connectivity index (χ1v) is 9.26. The maximum atomic E-state index is 12.4. The van der Waals surface area contributed by atoms with Crippen molar-refractivity contribution in [2.24, 2.45) is 17.3 Å². The van der Waals surface area contributed by atoms with E-state index in [1.807, 2.05) is 18.2 Å². The zero-order valence-corrected chi connectivity index (χ0v) is 15.4. The maximum absolute atomic E-state index is 12.4. The second kappa shape index (κ2) is 7.56. The van der Waals surface area contributed by atoms with Gasteiger partial charge >= 0.3 is 5.97 Å². The van der Waals surface area contributed by atoms with Crippen molar-refractivity contribution in [1.29, 1.82) is 0 Å². The number of carbonyl (C=O) groups excluding carboxylic acids is 1. The average Bonchev–Trinajstić information content (AvgIpc) is 3.33. The van der Waals surface area contributed by atoms with Crippen molar-refractivity contribution in [3.63, 3.8) is 0 Å². The van der Waals surface area contributed by atoms with Crippen LogP contribution in [0.1, 0.15) is 33.1 Å². The van der Waals surface area contributed by atoms with Crippen LogP contribution in [0.2, 0.25) is 0 Å². The lowest BCUT2D eigenvalue weighted by atomic mass is 9.91. The van der Waals surface area contributed by atoms with E-state index in [0.717, 1.165) is 25.0 Å². The van der Waals surface area contributed by atoms with Gasteiger partial charge < -0.3 is 19.5 Å². The van der Waals surface area contributed by atoms with Crippen molar-refractivity contribution in [2.45, 2.75) is 33.1 Å². The Morgan fingerprint density at radius 1 is 1.23 bits per heavy atom. The van der Waals surface area contributed by atoms with Crippen LogP contribution in [0.3, 0.4) is 0 Å².